The van der Waals surface area contributed by atoms with Gasteiger partial charge in [0.05, 0.1) is 13.0 Å². The van der Waals surface area contributed by atoms with E-state index in [1.54, 1.807) is 12.4 Å². The van der Waals surface area contributed by atoms with Gasteiger partial charge in [-0.3, -0.25) is 4.79 Å². The van der Waals surface area contributed by atoms with Crippen LogP contribution in [0.5, 0.6) is 0 Å². The fraction of sp³-hybridized carbons (Fsp3) is 0.500. The summed E-state index contributed by atoms with van der Waals surface area (Å²) in [6.07, 6.45) is 3.89. The minimum atomic E-state index is -0.178. The van der Waals surface area contributed by atoms with Crippen molar-refractivity contribution in [3.05, 3.63) is 17.5 Å². The number of carbonyl (C=O) groups is 1. The van der Waals surface area contributed by atoms with Crippen molar-refractivity contribution in [3.8, 4) is 0 Å². The quantitative estimate of drug-likeness (QED) is 0.727. The Morgan fingerprint density at radius 3 is 3.00 bits per heavy atom. The van der Waals surface area contributed by atoms with Crippen LogP contribution < -0.4 is 4.90 Å². The summed E-state index contributed by atoms with van der Waals surface area (Å²) < 4.78 is 4.71. The van der Waals surface area contributed by atoms with Crippen molar-refractivity contribution in [1.29, 1.82) is 0 Å². The van der Waals surface area contributed by atoms with E-state index in [0.29, 0.717) is 17.5 Å². The maximum absolute atomic E-state index is 11.4. The molecule has 1 aromatic rings. The zero-order valence-corrected chi connectivity index (χ0v) is 9.65. The molecule has 1 aliphatic rings. The minimum Gasteiger partial charge on any atom is -0.469 e. The maximum Gasteiger partial charge on any atom is 0.310 e. The van der Waals surface area contributed by atoms with Crippen molar-refractivity contribution in [1.82, 2.24) is 9.97 Å². The van der Waals surface area contributed by atoms with Crippen molar-refractivity contribution in [3.63, 3.8) is 0 Å². The first-order valence-corrected chi connectivity index (χ1v) is 5.39. The van der Waals surface area contributed by atoms with E-state index in [2.05, 4.69) is 9.97 Å². The van der Waals surface area contributed by atoms with Gasteiger partial charge in [0.1, 0.15) is 0 Å². The Kier molecular flexibility index (Phi) is 3.24. The van der Waals surface area contributed by atoms with Gasteiger partial charge in [-0.2, -0.15) is 0 Å². The molecule has 0 radical (unpaired) electrons. The number of esters is 1. The summed E-state index contributed by atoms with van der Waals surface area (Å²) >= 11 is 5.93. The lowest BCUT2D eigenvalue weighted by atomic mass is 10.1. The predicted octanol–water partition coefficient (Wildman–Crippen LogP) is 1.13. The van der Waals surface area contributed by atoms with Gasteiger partial charge in [0.15, 0.2) is 11.0 Å². The predicted molar refractivity (Wildman–Crippen MR) is 59.4 cm³/mol. The fourth-order valence-corrected chi connectivity index (χ4v) is 2.06. The van der Waals surface area contributed by atoms with E-state index in [1.807, 2.05) is 4.90 Å². The normalized spacial score (nSPS) is 19.9. The Balaban J connectivity index is 2.09. The molecule has 5 nitrogen and oxygen atoms in total. The highest BCUT2D eigenvalue weighted by Crippen LogP contribution is 2.26. The first-order chi connectivity index (χ1) is 7.72. The second kappa shape index (κ2) is 4.65. The third kappa shape index (κ3) is 2.09. The lowest BCUT2D eigenvalue weighted by molar-refractivity contribution is -0.144. The van der Waals surface area contributed by atoms with E-state index < -0.39 is 0 Å². The van der Waals surface area contributed by atoms with Crippen LogP contribution in [0.15, 0.2) is 12.4 Å². The van der Waals surface area contributed by atoms with E-state index in [9.17, 15) is 4.79 Å². The number of rotatable bonds is 2. The Morgan fingerprint density at radius 1 is 1.56 bits per heavy atom. The van der Waals surface area contributed by atoms with Crippen LogP contribution in [0.2, 0.25) is 5.15 Å². The van der Waals surface area contributed by atoms with E-state index in [4.69, 9.17) is 16.3 Å². The van der Waals surface area contributed by atoms with Gasteiger partial charge in [-0.1, -0.05) is 11.6 Å². The van der Waals surface area contributed by atoms with Crippen molar-refractivity contribution >= 4 is 23.4 Å². The average molecular weight is 242 g/mol. The van der Waals surface area contributed by atoms with Crippen molar-refractivity contribution < 1.29 is 9.53 Å². The summed E-state index contributed by atoms with van der Waals surface area (Å²) in [5.41, 5.74) is 0. The molecule has 1 saturated heterocycles. The first kappa shape index (κ1) is 11.1. The number of nitrogens with zero attached hydrogens (tertiary/aromatic N) is 3. The molecule has 0 unspecified atom stereocenters. The van der Waals surface area contributed by atoms with Gasteiger partial charge in [-0.15, -0.1) is 0 Å². The van der Waals surface area contributed by atoms with Crippen LogP contribution in [0.4, 0.5) is 5.82 Å². The highest BCUT2D eigenvalue weighted by molar-refractivity contribution is 6.31. The standard InChI is InChI=1S/C10H12ClN3O2/c1-16-10(15)7-2-5-14(6-7)9-8(11)12-3-4-13-9/h3-4,7H,2,5-6H2,1H3/t7-/m1/s1. The molecule has 2 heterocycles. The van der Waals surface area contributed by atoms with Crippen LogP contribution in [0.3, 0.4) is 0 Å². The largest absolute Gasteiger partial charge is 0.469 e. The van der Waals surface area contributed by atoms with Gasteiger partial charge >= 0.3 is 5.97 Å². The Morgan fingerprint density at radius 2 is 2.31 bits per heavy atom. The molecular weight excluding hydrogens is 230 g/mol. The molecule has 16 heavy (non-hydrogen) atoms. The molecule has 1 atom stereocenters. The first-order valence-electron chi connectivity index (χ1n) is 5.01. The summed E-state index contributed by atoms with van der Waals surface area (Å²) in [5, 5.41) is 0.369. The smallest absolute Gasteiger partial charge is 0.310 e. The molecule has 0 N–H and O–H groups in total. The lowest BCUT2D eigenvalue weighted by Gasteiger charge is -2.17. The molecule has 6 heteroatoms. The van der Waals surface area contributed by atoms with Crippen LogP contribution in [0.25, 0.3) is 0 Å². The second-order valence-electron chi connectivity index (χ2n) is 3.63. The van der Waals surface area contributed by atoms with Crippen molar-refractivity contribution in [2.24, 2.45) is 5.92 Å². The van der Waals surface area contributed by atoms with Crippen molar-refractivity contribution in [2.45, 2.75) is 6.42 Å². The van der Waals surface area contributed by atoms with E-state index >= 15 is 0 Å². The molecule has 1 aliphatic heterocycles. The van der Waals surface area contributed by atoms with Gasteiger partial charge in [0, 0.05) is 25.5 Å². The molecule has 0 aliphatic carbocycles. The monoisotopic (exact) mass is 241 g/mol. The zero-order valence-electron chi connectivity index (χ0n) is 8.89. The third-order valence-corrected chi connectivity index (χ3v) is 2.92. The number of halogens is 1. The van der Waals surface area contributed by atoms with Gasteiger partial charge in [0.25, 0.3) is 0 Å². The Labute approximate surface area is 98.4 Å². The molecule has 2 rings (SSSR count). The molecule has 86 valence electrons. The SMILES string of the molecule is COC(=O)[C@@H]1CCN(c2nccnc2Cl)C1. The molecule has 1 aromatic heterocycles. The van der Waals surface area contributed by atoms with E-state index in [0.717, 1.165) is 13.0 Å². The molecule has 0 spiro atoms. The number of carbonyl (C=O) groups excluding carboxylic acids is 1. The number of aromatic nitrogens is 2. The number of anilines is 1. The third-order valence-electron chi connectivity index (χ3n) is 2.66. The molecule has 0 aromatic carbocycles. The second-order valence-corrected chi connectivity index (χ2v) is 3.98. The molecule has 0 saturated carbocycles. The molecular formula is C10H12ClN3O2. The highest BCUT2D eigenvalue weighted by Gasteiger charge is 2.30. The van der Waals surface area contributed by atoms with Crippen LogP contribution in [0.1, 0.15) is 6.42 Å². The fourth-order valence-electron chi connectivity index (χ4n) is 1.84. The number of hydrogen-bond acceptors (Lipinski definition) is 5. The summed E-state index contributed by atoms with van der Waals surface area (Å²) in [4.78, 5) is 21.4. The van der Waals surface area contributed by atoms with Crippen molar-refractivity contribution in [2.75, 3.05) is 25.1 Å². The van der Waals surface area contributed by atoms with Gasteiger partial charge < -0.3 is 9.64 Å². The number of methoxy groups -OCH3 is 1. The summed E-state index contributed by atoms with van der Waals surface area (Å²) in [6.45, 7) is 1.34. The molecule has 1 fully saturated rings. The topological polar surface area (TPSA) is 55.3 Å². The molecule has 0 bridgehead atoms. The average Bonchev–Trinajstić information content (AvgIpc) is 2.78. The van der Waals surface area contributed by atoms with Crippen LogP contribution >= 0.6 is 11.6 Å². The Hall–Kier alpha value is -1.36. The van der Waals surface area contributed by atoms with Gasteiger partial charge in [0.2, 0.25) is 0 Å². The van der Waals surface area contributed by atoms with Crippen LogP contribution in [-0.2, 0) is 9.53 Å². The summed E-state index contributed by atoms with van der Waals surface area (Å²) in [7, 11) is 1.40. The lowest BCUT2D eigenvalue weighted by Crippen LogP contribution is -2.24. The number of ether oxygens (including phenoxy) is 1. The molecule has 0 amide bonds. The van der Waals surface area contributed by atoms with Crippen LogP contribution in [-0.4, -0.2) is 36.1 Å². The van der Waals surface area contributed by atoms with Gasteiger partial charge in [-0.25, -0.2) is 9.97 Å². The number of hydrogen-bond donors (Lipinski definition) is 0. The summed E-state index contributed by atoms with van der Waals surface area (Å²) in [5.74, 6) is 0.362. The Bertz CT molecular complexity index is 399. The van der Waals surface area contributed by atoms with E-state index in [1.165, 1.54) is 7.11 Å². The summed E-state index contributed by atoms with van der Waals surface area (Å²) in [6, 6.07) is 0. The zero-order chi connectivity index (χ0) is 11.5. The maximum atomic E-state index is 11.4. The highest BCUT2D eigenvalue weighted by atomic mass is 35.5. The van der Waals surface area contributed by atoms with E-state index in [-0.39, 0.29) is 11.9 Å². The minimum absolute atomic E-state index is 0.0944. The van der Waals surface area contributed by atoms with Crippen LogP contribution in [0, 0.1) is 5.92 Å². The van der Waals surface area contributed by atoms with Gasteiger partial charge in [-0.05, 0) is 6.42 Å².